The second-order valence-corrected chi connectivity index (χ2v) is 9.13. The molecule has 0 bridgehead atoms. The van der Waals surface area contributed by atoms with Crippen LogP contribution >= 0.6 is 0 Å². The SMILES string of the molecule is CC1CCCC(NC(=O)CN2CCN(c3ncnc4c3cnn4-c3ccccc3)CC2)C1. The molecular formula is C24H31N7O. The van der Waals surface area contributed by atoms with Crippen molar-refractivity contribution in [2.45, 2.75) is 38.6 Å². The van der Waals surface area contributed by atoms with Crippen molar-refractivity contribution in [2.75, 3.05) is 37.6 Å². The fourth-order valence-electron chi connectivity index (χ4n) is 5.00. The Labute approximate surface area is 188 Å². The zero-order valence-corrected chi connectivity index (χ0v) is 18.7. The van der Waals surface area contributed by atoms with E-state index < -0.39 is 0 Å². The zero-order valence-electron chi connectivity index (χ0n) is 18.7. The van der Waals surface area contributed by atoms with Gasteiger partial charge in [-0.05, 0) is 30.9 Å². The summed E-state index contributed by atoms with van der Waals surface area (Å²) >= 11 is 0. The highest BCUT2D eigenvalue weighted by Crippen LogP contribution is 2.26. The Balaban J connectivity index is 1.21. The first-order chi connectivity index (χ1) is 15.7. The van der Waals surface area contributed by atoms with Crippen molar-refractivity contribution in [1.82, 2.24) is 30.0 Å². The summed E-state index contributed by atoms with van der Waals surface area (Å²) in [6.07, 6.45) is 8.20. The number of hydrogen-bond acceptors (Lipinski definition) is 6. The van der Waals surface area contributed by atoms with Gasteiger partial charge in [0.15, 0.2) is 5.65 Å². The predicted octanol–water partition coefficient (Wildman–Crippen LogP) is 2.63. The molecule has 3 heterocycles. The molecule has 2 fully saturated rings. The molecule has 2 aromatic heterocycles. The number of aromatic nitrogens is 4. The maximum atomic E-state index is 12.6. The van der Waals surface area contributed by atoms with Gasteiger partial charge >= 0.3 is 0 Å². The van der Waals surface area contributed by atoms with Gasteiger partial charge in [0.2, 0.25) is 5.91 Å². The molecule has 32 heavy (non-hydrogen) atoms. The van der Waals surface area contributed by atoms with E-state index in [0.29, 0.717) is 18.5 Å². The fourth-order valence-corrected chi connectivity index (χ4v) is 5.00. The second kappa shape index (κ2) is 9.24. The minimum absolute atomic E-state index is 0.158. The average molecular weight is 434 g/mol. The number of amides is 1. The van der Waals surface area contributed by atoms with Crippen molar-refractivity contribution in [1.29, 1.82) is 0 Å². The van der Waals surface area contributed by atoms with E-state index in [2.05, 4.69) is 37.1 Å². The van der Waals surface area contributed by atoms with Crippen LogP contribution in [0.4, 0.5) is 5.82 Å². The van der Waals surface area contributed by atoms with Crippen molar-refractivity contribution in [3.8, 4) is 5.69 Å². The van der Waals surface area contributed by atoms with E-state index in [4.69, 9.17) is 0 Å². The standard InChI is InChI=1S/C24H31N7O/c1-18-6-5-7-19(14-18)28-22(32)16-29-10-12-30(13-11-29)23-21-15-27-31(24(21)26-17-25-23)20-8-3-2-4-9-20/h2-4,8-9,15,17-19H,5-7,10-14,16H2,1H3,(H,28,32). The molecule has 0 radical (unpaired) electrons. The average Bonchev–Trinajstić information content (AvgIpc) is 3.24. The number of hydrogen-bond donors (Lipinski definition) is 1. The summed E-state index contributed by atoms with van der Waals surface area (Å²) in [4.78, 5) is 26.1. The number of carbonyl (C=O) groups excluding carboxylic acids is 1. The van der Waals surface area contributed by atoms with Crippen LogP contribution in [-0.4, -0.2) is 69.3 Å². The summed E-state index contributed by atoms with van der Waals surface area (Å²) in [7, 11) is 0. The Kier molecular flexibility index (Phi) is 6.03. The van der Waals surface area contributed by atoms with Crippen LogP contribution in [0.1, 0.15) is 32.6 Å². The minimum atomic E-state index is 0.158. The van der Waals surface area contributed by atoms with E-state index in [-0.39, 0.29) is 5.91 Å². The van der Waals surface area contributed by atoms with Gasteiger partial charge in [-0.2, -0.15) is 5.10 Å². The lowest BCUT2D eigenvalue weighted by molar-refractivity contribution is -0.123. The van der Waals surface area contributed by atoms with Crippen LogP contribution in [0.25, 0.3) is 16.7 Å². The van der Waals surface area contributed by atoms with Crippen LogP contribution in [0, 0.1) is 5.92 Å². The van der Waals surface area contributed by atoms with E-state index in [0.717, 1.165) is 61.6 Å². The quantitative estimate of drug-likeness (QED) is 0.666. The lowest BCUT2D eigenvalue weighted by Crippen LogP contribution is -2.51. The Hall–Kier alpha value is -3.00. The Bertz CT molecular complexity index is 1060. The van der Waals surface area contributed by atoms with Crippen LogP contribution in [-0.2, 0) is 4.79 Å². The van der Waals surface area contributed by atoms with Gasteiger partial charge in [0, 0.05) is 32.2 Å². The molecule has 1 aliphatic heterocycles. The molecular weight excluding hydrogens is 402 g/mol. The van der Waals surface area contributed by atoms with E-state index in [1.54, 1.807) is 6.33 Å². The van der Waals surface area contributed by atoms with Crippen LogP contribution in [0.5, 0.6) is 0 Å². The molecule has 5 rings (SSSR count). The number of nitrogens with one attached hydrogen (secondary N) is 1. The Morgan fingerprint density at radius 1 is 1.09 bits per heavy atom. The van der Waals surface area contributed by atoms with Crippen LogP contribution < -0.4 is 10.2 Å². The zero-order chi connectivity index (χ0) is 21.9. The molecule has 1 saturated carbocycles. The predicted molar refractivity (Wildman–Crippen MR) is 125 cm³/mol. The molecule has 1 amide bonds. The summed E-state index contributed by atoms with van der Waals surface area (Å²) in [5, 5.41) is 8.77. The number of nitrogens with zero attached hydrogens (tertiary/aromatic N) is 6. The highest BCUT2D eigenvalue weighted by atomic mass is 16.2. The van der Waals surface area contributed by atoms with Gasteiger partial charge in [-0.15, -0.1) is 0 Å². The van der Waals surface area contributed by atoms with Crippen molar-refractivity contribution in [3.05, 3.63) is 42.9 Å². The molecule has 2 aliphatic rings. The number of para-hydroxylation sites is 1. The summed E-state index contributed by atoms with van der Waals surface area (Å²) in [6.45, 7) is 6.10. The summed E-state index contributed by atoms with van der Waals surface area (Å²) in [6, 6.07) is 10.4. The normalized spacial score (nSPS) is 22.2. The summed E-state index contributed by atoms with van der Waals surface area (Å²) in [5.74, 6) is 1.79. The van der Waals surface area contributed by atoms with Gasteiger partial charge < -0.3 is 10.2 Å². The number of rotatable bonds is 5. The molecule has 8 heteroatoms. The Morgan fingerprint density at radius 2 is 1.91 bits per heavy atom. The van der Waals surface area contributed by atoms with Gasteiger partial charge in [0.25, 0.3) is 0 Å². The number of carbonyl (C=O) groups is 1. The molecule has 2 atom stereocenters. The number of piperazine rings is 1. The topological polar surface area (TPSA) is 79.2 Å². The highest BCUT2D eigenvalue weighted by molar-refractivity contribution is 5.87. The van der Waals surface area contributed by atoms with Gasteiger partial charge in [-0.3, -0.25) is 9.69 Å². The van der Waals surface area contributed by atoms with E-state index in [1.807, 2.05) is 41.2 Å². The number of anilines is 1. The lowest BCUT2D eigenvalue weighted by Gasteiger charge is -2.35. The van der Waals surface area contributed by atoms with Crippen molar-refractivity contribution < 1.29 is 4.79 Å². The fraction of sp³-hybridized carbons (Fsp3) is 0.500. The molecule has 0 spiro atoms. The first kappa shape index (κ1) is 20.9. The molecule has 8 nitrogen and oxygen atoms in total. The van der Waals surface area contributed by atoms with Crippen molar-refractivity contribution in [3.63, 3.8) is 0 Å². The monoisotopic (exact) mass is 433 g/mol. The molecule has 1 aromatic carbocycles. The largest absolute Gasteiger partial charge is 0.353 e. The maximum absolute atomic E-state index is 12.6. The highest BCUT2D eigenvalue weighted by Gasteiger charge is 2.25. The number of benzene rings is 1. The first-order valence-corrected chi connectivity index (χ1v) is 11.7. The third-order valence-electron chi connectivity index (χ3n) is 6.69. The van der Waals surface area contributed by atoms with E-state index in [1.165, 1.54) is 12.8 Å². The van der Waals surface area contributed by atoms with Crippen LogP contribution in [0.3, 0.4) is 0 Å². The smallest absolute Gasteiger partial charge is 0.234 e. The summed E-state index contributed by atoms with van der Waals surface area (Å²) < 4.78 is 1.85. The van der Waals surface area contributed by atoms with Crippen LogP contribution in [0.15, 0.2) is 42.9 Å². The second-order valence-electron chi connectivity index (χ2n) is 9.13. The Morgan fingerprint density at radius 3 is 2.69 bits per heavy atom. The third-order valence-corrected chi connectivity index (χ3v) is 6.69. The molecule has 3 aromatic rings. The van der Waals surface area contributed by atoms with E-state index >= 15 is 0 Å². The van der Waals surface area contributed by atoms with Gasteiger partial charge in [0.05, 0.1) is 23.8 Å². The first-order valence-electron chi connectivity index (χ1n) is 11.7. The molecule has 168 valence electrons. The molecule has 1 N–H and O–H groups in total. The molecule has 1 saturated heterocycles. The summed E-state index contributed by atoms with van der Waals surface area (Å²) in [5.41, 5.74) is 1.79. The van der Waals surface area contributed by atoms with E-state index in [9.17, 15) is 4.79 Å². The number of fused-ring (bicyclic) bond motifs is 1. The van der Waals surface area contributed by atoms with Crippen molar-refractivity contribution in [2.24, 2.45) is 5.92 Å². The maximum Gasteiger partial charge on any atom is 0.234 e. The third kappa shape index (κ3) is 4.46. The van der Waals surface area contributed by atoms with Gasteiger partial charge in [0.1, 0.15) is 12.1 Å². The minimum Gasteiger partial charge on any atom is -0.353 e. The molecule has 2 unspecified atom stereocenters. The van der Waals surface area contributed by atoms with Gasteiger partial charge in [-0.25, -0.2) is 14.6 Å². The lowest BCUT2D eigenvalue weighted by atomic mass is 9.87. The molecule has 1 aliphatic carbocycles. The van der Waals surface area contributed by atoms with Crippen molar-refractivity contribution >= 4 is 22.8 Å². The van der Waals surface area contributed by atoms with Gasteiger partial charge in [-0.1, -0.05) is 38.0 Å². The van der Waals surface area contributed by atoms with Crippen LogP contribution in [0.2, 0.25) is 0 Å².